The zero-order valence-electron chi connectivity index (χ0n) is 7.98. The SMILES string of the molecule is Nc1snnc1COc1cc(Br)ccc1Cl. The van der Waals surface area contributed by atoms with Crippen molar-refractivity contribution in [3.8, 4) is 5.75 Å². The quantitative estimate of drug-likeness (QED) is 0.944. The first-order valence-corrected chi connectivity index (χ1v) is 6.26. The lowest BCUT2D eigenvalue weighted by Gasteiger charge is -2.06. The molecule has 2 N–H and O–H groups in total. The highest BCUT2D eigenvalue weighted by molar-refractivity contribution is 9.10. The molecule has 16 heavy (non-hydrogen) atoms. The summed E-state index contributed by atoms with van der Waals surface area (Å²) in [6.45, 7) is 0.262. The van der Waals surface area contributed by atoms with Crippen molar-refractivity contribution >= 4 is 44.1 Å². The van der Waals surface area contributed by atoms with Crippen LogP contribution in [0.5, 0.6) is 5.75 Å². The second kappa shape index (κ2) is 4.99. The van der Waals surface area contributed by atoms with Crippen LogP contribution in [-0.4, -0.2) is 9.59 Å². The number of nitrogen functional groups attached to an aromatic ring is 1. The molecule has 0 aliphatic heterocycles. The van der Waals surface area contributed by atoms with Gasteiger partial charge in [-0.3, -0.25) is 0 Å². The Kier molecular flexibility index (Phi) is 3.63. The third kappa shape index (κ3) is 2.63. The molecule has 4 nitrogen and oxygen atoms in total. The highest BCUT2D eigenvalue weighted by Crippen LogP contribution is 2.29. The molecule has 84 valence electrons. The third-order valence-corrected chi connectivity index (χ3v) is 3.24. The van der Waals surface area contributed by atoms with Gasteiger partial charge in [0.15, 0.2) is 0 Å². The summed E-state index contributed by atoms with van der Waals surface area (Å²) in [5, 5.41) is 4.95. The highest BCUT2D eigenvalue weighted by Gasteiger charge is 2.07. The van der Waals surface area contributed by atoms with Gasteiger partial charge in [0.2, 0.25) is 0 Å². The van der Waals surface area contributed by atoms with E-state index in [0.29, 0.717) is 21.5 Å². The second-order valence-electron chi connectivity index (χ2n) is 2.95. The molecule has 0 amide bonds. The maximum absolute atomic E-state index is 5.97. The summed E-state index contributed by atoms with van der Waals surface area (Å²) in [5.74, 6) is 0.587. The topological polar surface area (TPSA) is 61.0 Å². The van der Waals surface area contributed by atoms with Crippen molar-refractivity contribution in [3.63, 3.8) is 0 Å². The van der Waals surface area contributed by atoms with E-state index in [2.05, 4.69) is 25.5 Å². The highest BCUT2D eigenvalue weighted by atomic mass is 79.9. The van der Waals surface area contributed by atoms with Crippen molar-refractivity contribution in [3.05, 3.63) is 33.4 Å². The maximum Gasteiger partial charge on any atom is 0.139 e. The van der Waals surface area contributed by atoms with Gasteiger partial charge in [-0.1, -0.05) is 32.0 Å². The van der Waals surface area contributed by atoms with Gasteiger partial charge in [0.05, 0.1) is 5.02 Å². The van der Waals surface area contributed by atoms with Crippen LogP contribution in [0.3, 0.4) is 0 Å². The van der Waals surface area contributed by atoms with Gasteiger partial charge in [0, 0.05) is 16.0 Å². The molecule has 0 saturated heterocycles. The van der Waals surface area contributed by atoms with E-state index in [1.54, 1.807) is 12.1 Å². The van der Waals surface area contributed by atoms with Crippen LogP contribution in [0.2, 0.25) is 5.02 Å². The largest absolute Gasteiger partial charge is 0.485 e. The van der Waals surface area contributed by atoms with E-state index in [-0.39, 0.29) is 6.61 Å². The Labute approximate surface area is 110 Å². The summed E-state index contributed by atoms with van der Waals surface area (Å²) in [7, 11) is 0. The van der Waals surface area contributed by atoms with E-state index in [1.807, 2.05) is 6.07 Å². The molecule has 7 heteroatoms. The molecular weight excluding hydrogens is 314 g/mol. The number of aromatic nitrogens is 2. The molecular formula is C9H7BrClN3OS. The lowest BCUT2D eigenvalue weighted by atomic mass is 10.3. The molecule has 0 atom stereocenters. The van der Waals surface area contributed by atoms with Gasteiger partial charge in [0.1, 0.15) is 23.1 Å². The van der Waals surface area contributed by atoms with Gasteiger partial charge in [-0.05, 0) is 18.2 Å². The van der Waals surface area contributed by atoms with Crippen molar-refractivity contribution in [2.45, 2.75) is 6.61 Å². The van der Waals surface area contributed by atoms with Gasteiger partial charge < -0.3 is 10.5 Å². The minimum atomic E-state index is 0.262. The van der Waals surface area contributed by atoms with Gasteiger partial charge in [-0.2, -0.15) is 0 Å². The van der Waals surface area contributed by atoms with E-state index in [1.165, 1.54) is 0 Å². The maximum atomic E-state index is 5.97. The fourth-order valence-corrected chi connectivity index (χ4v) is 1.99. The molecule has 1 heterocycles. The molecule has 0 bridgehead atoms. The smallest absolute Gasteiger partial charge is 0.139 e. The zero-order chi connectivity index (χ0) is 11.5. The molecule has 0 saturated carbocycles. The standard InChI is InChI=1S/C9H7BrClN3OS/c10-5-1-2-6(11)8(3-5)15-4-7-9(12)16-14-13-7/h1-3H,4,12H2. The lowest BCUT2D eigenvalue weighted by molar-refractivity contribution is 0.302. The van der Waals surface area contributed by atoms with Crippen molar-refractivity contribution < 1.29 is 4.74 Å². The van der Waals surface area contributed by atoms with Crippen molar-refractivity contribution in [2.75, 3.05) is 5.73 Å². The molecule has 0 aliphatic rings. The molecule has 2 aromatic rings. The second-order valence-corrected chi connectivity index (χ2v) is 5.06. The summed E-state index contributed by atoms with van der Waals surface area (Å²) in [6.07, 6.45) is 0. The average molecular weight is 321 g/mol. The number of nitrogens with zero attached hydrogens (tertiary/aromatic N) is 2. The van der Waals surface area contributed by atoms with Crippen LogP contribution >= 0.6 is 39.1 Å². The Morgan fingerprint density at radius 3 is 3.00 bits per heavy atom. The minimum absolute atomic E-state index is 0.262. The first kappa shape index (κ1) is 11.6. The van der Waals surface area contributed by atoms with E-state index in [0.717, 1.165) is 16.0 Å². The number of hydrogen-bond acceptors (Lipinski definition) is 5. The minimum Gasteiger partial charge on any atom is -0.485 e. The Hall–Kier alpha value is -0.850. The predicted octanol–water partition coefficient (Wildman–Crippen LogP) is 3.12. The fraction of sp³-hybridized carbons (Fsp3) is 0.111. The summed E-state index contributed by atoms with van der Waals surface area (Å²) >= 11 is 10.4. The van der Waals surface area contributed by atoms with Gasteiger partial charge in [-0.15, -0.1) is 5.10 Å². The van der Waals surface area contributed by atoms with E-state index < -0.39 is 0 Å². The summed E-state index contributed by atoms with van der Waals surface area (Å²) in [4.78, 5) is 0. The number of ether oxygens (including phenoxy) is 1. The summed E-state index contributed by atoms with van der Waals surface area (Å²) < 4.78 is 10.1. The monoisotopic (exact) mass is 319 g/mol. The molecule has 0 aliphatic carbocycles. The Morgan fingerprint density at radius 1 is 1.50 bits per heavy atom. The molecule has 0 spiro atoms. The van der Waals surface area contributed by atoms with Crippen molar-refractivity contribution in [1.29, 1.82) is 0 Å². The lowest BCUT2D eigenvalue weighted by Crippen LogP contribution is -1.99. The summed E-state index contributed by atoms with van der Waals surface area (Å²) in [6, 6.07) is 5.38. The first-order chi connectivity index (χ1) is 7.66. The number of halogens is 2. The number of anilines is 1. The van der Waals surface area contributed by atoms with Crippen molar-refractivity contribution in [1.82, 2.24) is 9.59 Å². The Morgan fingerprint density at radius 2 is 2.31 bits per heavy atom. The third-order valence-electron chi connectivity index (χ3n) is 1.84. The summed E-state index contributed by atoms with van der Waals surface area (Å²) in [5.41, 5.74) is 6.27. The normalized spacial score (nSPS) is 10.4. The molecule has 0 unspecified atom stereocenters. The number of rotatable bonds is 3. The van der Waals surface area contributed by atoms with E-state index in [9.17, 15) is 0 Å². The van der Waals surface area contributed by atoms with Crippen LogP contribution in [0.25, 0.3) is 0 Å². The average Bonchev–Trinajstić information content (AvgIpc) is 2.66. The van der Waals surface area contributed by atoms with Crippen LogP contribution in [0.1, 0.15) is 5.69 Å². The van der Waals surface area contributed by atoms with Crippen LogP contribution < -0.4 is 10.5 Å². The number of benzene rings is 1. The van der Waals surface area contributed by atoms with E-state index in [4.69, 9.17) is 22.1 Å². The van der Waals surface area contributed by atoms with Crippen LogP contribution in [0, 0.1) is 0 Å². The first-order valence-electron chi connectivity index (χ1n) is 4.31. The van der Waals surface area contributed by atoms with Crippen LogP contribution in [0.15, 0.2) is 22.7 Å². The van der Waals surface area contributed by atoms with Crippen LogP contribution in [0.4, 0.5) is 5.00 Å². The van der Waals surface area contributed by atoms with Crippen molar-refractivity contribution in [2.24, 2.45) is 0 Å². The number of hydrogen-bond donors (Lipinski definition) is 1. The van der Waals surface area contributed by atoms with Gasteiger partial charge >= 0.3 is 0 Å². The molecule has 2 rings (SSSR count). The van der Waals surface area contributed by atoms with E-state index >= 15 is 0 Å². The van der Waals surface area contributed by atoms with Crippen LogP contribution in [-0.2, 0) is 6.61 Å². The molecule has 1 aromatic carbocycles. The predicted molar refractivity (Wildman–Crippen MR) is 67.8 cm³/mol. The molecule has 1 aromatic heterocycles. The van der Waals surface area contributed by atoms with Gasteiger partial charge in [-0.25, -0.2) is 0 Å². The number of nitrogens with two attached hydrogens (primary N) is 1. The fourth-order valence-electron chi connectivity index (χ4n) is 1.05. The Balaban J connectivity index is 2.10. The zero-order valence-corrected chi connectivity index (χ0v) is 11.1. The van der Waals surface area contributed by atoms with Gasteiger partial charge in [0.25, 0.3) is 0 Å². The molecule has 0 radical (unpaired) electrons. The molecule has 0 fully saturated rings. The Bertz CT molecular complexity index is 505.